The SMILES string of the molecule is [2H]N(CC(=O)N[C@@H](CO)C(=O)N[C@H](C(=O)c1cccc(C(=O)C[C@H](N)C(=O)O)c1N)[C@H](C)CC(=O)O)C(=O)[C@H](CC(=O)O)NC(=O)[C@H](C)NC(=O)[C@H](CC(=O)O)N([2H])C(=O)[C@H](CCCN)NC(=O)CNC(=O)[C@@H](NC(=O)[C@H](CC(=O)O)NC(=O)[C@H](CC(N)=O)NC(=O)[C@H](Cc1c[nH]c2ccccc12)N([2H])C(=O)c1cc(CCCCCCC)cs1)[C@@H](C)O. The summed E-state index contributed by atoms with van der Waals surface area (Å²) in [6.45, 7) is 1.03. The van der Waals surface area contributed by atoms with Crippen molar-refractivity contribution in [1.82, 2.24) is 68.8 Å². The smallest absolute Gasteiger partial charge is 0.320 e. The van der Waals surface area contributed by atoms with Crippen molar-refractivity contribution in [3.63, 3.8) is 0 Å². The molecule has 0 saturated carbocycles. The predicted octanol–water partition coefficient (Wildman–Crippen LogP) is -5.33. The van der Waals surface area contributed by atoms with Crippen molar-refractivity contribution < 1.29 is 136 Å². The number of aromatic nitrogens is 1. The molecule has 0 aliphatic carbocycles. The summed E-state index contributed by atoms with van der Waals surface area (Å²) in [6, 6.07) is -10.5. The molecule has 0 radical (unpaired) electrons. The molecular formula is C74H101N17O27S. The second-order valence-electron chi connectivity index (χ2n) is 27.6. The van der Waals surface area contributed by atoms with Gasteiger partial charge < -0.3 is 127 Å². The number of carboxylic acid groups (broad SMARTS) is 5. The monoisotopic (exact) mass is 1690 g/mol. The molecule has 44 nitrogen and oxygen atoms in total. The van der Waals surface area contributed by atoms with E-state index in [4.69, 9.17) is 27.2 Å². The summed E-state index contributed by atoms with van der Waals surface area (Å²) in [4.78, 5) is 268. The van der Waals surface area contributed by atoms with Gasteiger partial charge in [0.1, 0.15) is 60.4 Å². The fourth-order valence-corrected chi connectivity index (χ4v) is 12.4. The molecular weight excluding hydrogens is 1590 g/mol. The van der Waals surface area contributed by atoms with Crippen LogP contribution in [0.3, 0.4) is 0 Å². The van der Waals surface area contributed by atoms with Gasteiger partial charge in [-0.1, -0.05) is 63.8 Å². The average Bonchev–Trinajstić information content (AvgIpc) is 1.60. The Morgan fingerprint density at radius 2 is 1.09 bits per heavy atom. The number of ketones is 2. The van der Waals surface area contributed by atoms with Crippen molar-refractivity contribution in [2.45, 2.75) is 197 Å². The lowest BCUT2D eigenvalue weighted by molar-refractivity contribution is -0.142. The maximum absolute atomic E-state index is 14.5. The number of fused-ring (bicyclic) bond motifs is 1. The van der Waals surface area contributed by atoms with Crippen molar-refractivity contribution in [3.8, 4) is 0 Å². The van der Waals surface area contributed by atoms with E-state index in [1.54, 1.807) is 35.7 Å². The number of para-hydroxylation sites is 2. The number of carbonyl (C=O) groups is 20. The van der Waals surface area contributed by atoms with Crippen molar-refractivity contribution in [2.24, 2.45) is 23.1 Å². The van der Waals surface area contributed by atoms with Crippen LogP contribution in [0.25, 0.3) is 10.9 Å². The Bertz CT molecular complexity index is 4510. The van der Waals surface area contributed by atoms with Gasteiger partial charge in [-0.3, -0.25) is 95.9 Å². The molecule has 13 atom stereocenters. The van der Waals surface area contributed by atoms with Gasteiger partial charge in [0.2, 0.25) is 70.9 Å². The van der Waals surface area contributed by atoms with Crippen LogP contribution in [0.15, 0.2) is 60.1 Å². The van der Waals surface area contributed by atoms with Gasteiger partial charge in [-0.25, -0.2) is 0 Å². The summed E-state index contributed by atoms with van der Waals surface area (Å²) >= 11 is 1.04. The number of nitrogens with two attached hydrogens (primary N) is 4. The molecule has 0 spiro atoms. The number of amides is 13. The zero-order valence-corrected chi connectivity index (χ0v) is 65.9. The number of H-pyrrole nitrogens is 1. The minimum absolute atomic E-state index is 0.104. The van der Waals surface area contributed by atoms with Crippen LogP contribution < -0.4 is 86.7 Å². The first-order valence-electron chi connectivity index (χ1n) is 38.5. The maximum atomic E-state index is 14.5. The van der Waals surface area contributed by atoms with Crippen LogP contribution in [0.4, 0.5) is 5.69 Å². The van der Waals surface area contributed by atoms with Crippen LogP contribution in [-0.4, -0.2) is 258 Å². The standard InChI is InChI=1S/C74H101N17O27S/c1-5-6-7-8-9-14-37-22-52(119-33-37)72(115)89-45(23-38-29-79-43-18-11-10-15-39(38)43)68(111)86-46(25-53(77)95)69(112)88-49(28-59(104)105)70(113)91-62(36(4)93)73(116)81-31-54(96)83-44(19-13-20-75)66(109)87-48(27-58(102)103)67(110)82-35(3)64(107)85-47(26-57(100)101)65(108)80-30-55(97)84-50(32-92)71(114)90-61(34(2)21-56(98)99)63(106)41-17-12-16-40(60(41)78)51(94)24-42(76)74(117)118/h10-12,15-18,22,29,33-36,42,44-50,61-62,79,92-93H,5-9,13-14,19-21,23-28,30-32,75-76,78H2,1-4H3,(H2,77,95)(H,80,108)(H,81,116)(H,82,110)(H,83,96)(H,84,97)(H,85,107)(H,86,111)(H,87,109)(H,88,112)(H,89,115)(H,90,114)(H,91,113)(H,98,99)(H,100,101)(H,102,103)(H,104,105)(H,117,118)/t34-,35+,36-,42+,44+,45+,46+,47+,48+,49+,50+,61+,62+/m1/s1/i/hD3. The Labute approximate surface area is 687 Å². The molecule has 45 heteroatoms. The van der Waals surface area contributed by atoms with E-state index < -0.39 is 273 Å². The second-order valence-corrected chi connectivity index (χ2v) is 28.5. The molecule has 0 aliphatic heterocycles. The molecule has 2 aromatic carbocycles. The number of unbranched alkanes of at least 4 members (excludes halogenated alkanes) is 4. The van der Waals surface area contributed by atoms with E-state index in [-0.39, 0.29) is 40.4 Å². The third-order valence-electron chi connectivity index (χ3n) is 17.9. The molecule has 650 valence electrons. The van der Waals surface area contributed by atoms with Gasteiger partial charge in [0.25, 0.3) is 5.91 Å². The van der Waals surface area contributed by atoms with E-state index in [0.29, 0.717) is 28.2 Å². The maximum Gasteiger partial charge on any atom is 0.320 e. The number of aliphatic hydroxyl groups excluding tert-OH is 2. The highest BCUT2D eigenvalue weighted by molar-refractivity contribution is 7.12. The quantitative estimate of drug-likeness (QED) is 0.0111. The molecule has 0 unspecified atom stereocenters. The lowest BCUT2D eigenvalue weighted by Gasteiger charge is -2.26. The Balaban J connectivity index is 1.45. The number of nitrogens with one attached hydrogen (secondary N) is 13. The highest BCUT2D eigenvalue weighted by Gasteiger charge is 2.39. The van der Waals surface area contributed by atoms with Crippen molar-refractivity contribution in [3.05, 3.63) is 87.2 Å². The van der Waals surface area contributed by atoms with Crippen molar-refractivity contribution in [1.29, 1.82) is 0 Å². The van der Waals surface area contributed by atoms with E-state index >= 15 is 0 Å². The highest BCUT2D eigenvalue weighted by Crippen LogP contribution is 2.26. The van der Waals surface area contributed by atoms with Gasteiger partial charge in [-0.05, 0) is 92.8 Å². The molecule has 0 saturated heterocycles. The van der Waals surface area contributed by atoms with Crippen LogP contribution in [0.2, 0.25) is 4.24 Å². The van der Waals surface area contributed by atoms with E-state index in [1.807, 2.05) is 26.6 Å². The molecule has 2 aromatic heterocycles. The van der Waals surface area contributed by atoms with Crippen LogP contribution in [0, 0.1) is 5.92 Å². The summed E-state index contributed by atoms with van der Waals surface area (Å²) in [7, 11) is 0. The van der Waals surface area contributed by atoms with Crippen molar-refractivity contribution in [2.75, 3.05) is 32.0 Å². The van der Waals surface area contributed by atoms with Gasteiger partial charge in [-0.2, -0.15) is 0 Å². The zero-order chi connectivity index (χ0) is 91.7. The normalized spacial score (nSPS) is 14.7. The summed E-state index contributed by atoms with van der Waals surface area (Å²) in [5.74, 6) is -29.8. The van der Waals surface area contributed by atoms with Crippen LogP contribution >= 0.6 is 11.3 Å². The number of primary amides is 1. The number of benzene rings is 2. The molecule has 119 heavy (non-hydrogen) atoms. The molecule has 0 bridgehead atoms. The molecule has 4 aromatic rings. The number of aromatic amines is 1. The van der Waals surface area contributed by atoms with Crippen molar-refractivity contribution >= 4 is 146 Å². The van der Waals surface area contributed by atoms with Gasteiger partial charge in [0.15, 0.2) is 15.8 Å². The fourth-order valence-electron chi connectivity index (χ4n) is 11.6. The van der Waals surface area contributed by atoms with Crippen LogP contribution in [-0.2, 0) is 94.3 Å². The van der Waals surface area contributed by atoms with E-state index in [1.165, 1.54) is 13.1 Å². The van der Waals surface area contributed by atoms with Gasteiger partial charge in [0, 0.05) is 41.1 Å². The molecule has 4 rings (SSSR count). The number of Topliss-reactive ketones (excluding diaryl/α,β-unsaturated/α-hetero) is 2. The number of aliphatic carboxylic acids is 5. The van der Waals surface area contributed by atoms with Crippen LogP contribution in [0.5, 0.6) is 0 Å². The summed E-state index contributed by atoms with van der Waals surface area (Å²) < 4.78 is 26.0. The first-order chi connectivity index (χ1) is 57.3. The minimum atomic E-state index is -2.41. The van der Waals surface area contributed by atoms with E-state index in [0.717, 1.165) is 81.1 Å². The number of carbonyl (C=O) groups excluding carboxylic acids is 15. The zero-order valence-electron chi connectivity index (χ0n) is 68.1. The second kappa shape index (κ2) is 48.6. The molecule has 0 fully saturated rings. The number of aliphatic hydroxyl groups is 2. The first-order valence-corrected chi connectivity index (χ1v) is 38.1. The van der Waals surface area contributed by atoms with Gasteiger partial charge in [-0.15, -0.1) is 11.3 Å². The number of carboxylic acids is 5. The number of anilines is 1. The largest absolute Gasteiger partial charge is 0.481 e. The van der Waals surface area contributed by atoms with Crippen LogP contribution in [0.1, 0.15) is 153 Å². The Morgan fingerprint density at radius 3 is 1.70 bits per heavy atom. The van der Waals surface area contributed by atoms with Gasteiger partial charge in [0.05, 0.1) is 74.5 Å². The number of rotatable bonds is 54. The fraction of sp³-hybridized carbons (Fsp3) is 0.486. The predicted molar refractivity (Wildman–Crippen MR) is 418 cm³/mol. The molecule has 0 aliphatic rings. The average molecular weight is 1700 g/mol. The lowest BCUT2D eigenvalue weighted by Crippen LogP contribution is -2.61. The van der Waals surface area contributed by atoms with E-state index in [9.17, 15) is 132 Å². The molecule has 2 heterocycles. The Kier molecular flexibility index (Phi) is 38.1. The number of hydrogen-bond donors (Lipinski definition) is 24. The lowest BCUT2D eigenvalue weighted by atomic mass is 9.88. The molecule has 28 N–H and O–H groups in total. The highest BCUT2D eigenvalue weighted by atomic mass is 32.1. The minimum Gasteiger partial charge on any atom is -0.481 e. The number of aryl methyl sites for hydroxylation is 1. The first kappa shape index (κ1) is 93.3. The van der Waals surface area contributed by atoms with E-state index in [2.05, 4.69) is 33.2 Å². The molecule has 13 amide bonds. The summed E-state index contributed by atoms with van der Waals surface area (Å²) in [5, 5.41) is 90.0. The summed E-state index contributed by atoms with van der Waals surface area (Å²) in [6.07, 6.45) is -2.44. The third-order valence-corrected chi connectivity index (χ3v) is 18.9. The summed E-state index contributed by atoms with van der Waals surface area (Å²) in [5.41, 5.74) is 23.3. The Morgan fingerprint density at radius 1 is 0.546 bits per heavy atom. The topological polar surface area (TPSA) is 747 Å². The number of nitrogen functional groups attached to an aromatic ring is 1. The Hall–Kier alpha value is -12.9. The number of thiophene rings is 1. The number of hydrogen-bond acceptors (Lipinski definition) is 26. The van der Waals surface area contributed by atoms with Gasteiger partial charge >= 0.3 is 29.8 Å². The third kappa shape index (κ3) is 32.6.